The molecule has 0 heterocycles. The number of nitrogens with one attached hydrogen (secondary N) is 1. The van der Waals surface area contributed by atoms with Crippen LogP contribution in [-0.4, -0.2) is 20.3 Å². The van der Waals surface area contributed by atoms with Crippen LogP contribution in [0.5, 0.6) is 11.5 Å². The lowest BCUT2D eigenvalue weighted by Crippen LogP contribution is -2.34. The third-order valence-electron chi connectivity index (χ3n) is 4.46. The monoisotopic (exact) mass is 315 g/mol. The molecule has 1 atom stereocenters. The Morgan fingerprint density at radius 3 is 2.65 bits per heavy atom. The van der Waals surface area contributed by atoms with E-state index in [1.165, 1.54) is 19.8 Å². The summed E-state index contributed by atoms with van der Waals surface area (Å²) < 4.78 is 25.1. The SMILES string of the molecule is COc1cc2c(c(F)c1OC)CC(NCc1ccccc1)CC2. The predicted molar refractivity (Wildman–Crippen MR) is 88.6 cm³/mol. The molecule has 4 heteroatoms. The van der Waals surface area contributed by atoms with E-state index >= 15 is 0 Å². The molecule has 1 N–H and O–H groups in total. The van der Waals surface area contributed by atoms with Crippen molar-refractivity contribution in [3.63, 3.8) is 0 Å². The van der Waals surface area contributed by atoms with Crippen molar-refractivity contribution in [3.8, 4) is 11.5 Å². The van der Waals surface area contributed by atoms with Crippen molar-refractivity contribution in [3.05, 3.63) is 58.9 Å². The van der Waals surface area contributed by atoms with E-state index in [-0.39, 0.29) is 17.6 Å². The zero-order chi connectivity index (χ0) is 16.2. The van der Waals surface area contributed by atoms with Crippen LogP contribution in [0.1, 0.15) is 23.1 Å². The van der Waals surface area contributed by atoms with E-state index in [1.807, 2.05) is 24.3 Å². The van der Waals surface area contributed by atoms with Gasteiger partial charge in [-0.15, -0.1) is 0 Å². The first-order valence-corrected chi connectivity index (χ1v) is 7.92. The Hall–Kier alpha value is -2.07. The highest BCUT2D eigenvalue weighted by atomic mass is 19.1. The molecular formula is C19H22FNO2. The average molecular weight is 315 g/mol. The van der Waals surface area contributed by atoms with Crippen LogP contribution in [0.25, 0.3) is 0 Å². The van der Waals surface area contributed by atoms with Gasteiger partial charge in [0.25, 0.3) is 0 Å². The molecule has 1 unspecified atom stereocenters. The van der Waals surface area contributed by atoms with Crippen molar-refractivity contribution in [1.29, 1.82) is 0 Å². The van der Waals surface area contributed by atoms with Crippen molar-refractivity contribution in [2.45, 2.75) is 31.8 Å². The Morgan fingerprint density at radius 1 is 1.17 bits per heavy atom. The molecule has 23 heavy (non-hydrogen) atoms. The Morgan fingerprint density at radius 2 is 1.96 bits per heavy atom. The molecule has 122 valence electrons. The Bertz CT molecular complexity index is 673. The lowest BCUT2D eigenvalue weighted by molar-refractivity contribution is 0.331. The molecule has 0 aliphatic heterocycles. The van der Waals surface area contributed by atoms with E-state index in [2.05, 4.69) is 17.4 Å². The largest absolute Gasteiger partial charge is 0.493 e. The first kappa shape index (κ1) is 15.8. The second-order valence-electron chi connectivity index (χ2n) is 5.87. The maximum atomic E-state index is 14.7. The summed E-state index contributed by atoms with van der Waals surface area (Å²) in [6, 6.07) is 12.4. The summed E-state index contributed by atoms with van der Waals surface area (Å²) in [5.74, 6) is 0.391. The minimum atomic E-state index is -0.284. The van der Waals surface area contributed by atoms with Gasteiger partial charge in [0.1, 0.15) is 0 Å². The van der Waals surface area contributed by atoms with E-state index in [0.29, 0.717) is 12.2 Å². The van der Waals surface area contributed by atoms with Gasteiger partial charge in [-0.25, -0.2) is 4.39 Å². The number of halogens is 1. The third kappa shape index (κ3) is 3.32. The molecule has 0 saturated carbocycles. The molecule has 1 aliphatic carbocycles. The quantitative estimate of drug-likeness (QED) is 0.916. The zero-order valence-electron chi connectivity index (χ0n) is 13.6. The minimum absolute atomic E-state index is 0.204. The maximum absolute atomic E-state index is 14.7. The van der Waals surface area contributed by atoms with Gasteiger partial charge in [0.2, 0.25) is 0 Å². The molecular weight excluding hydrogens is 293 g/mol. The van der Waals surface area contributed by atoms with Gasteiger partial charge in [0, 0.05) is 12.6 Å². The standard InChI is InChI=1S/C19H22FNO2/c1-22-17-10-14-8-9-15(11-16(14)18(20)19(17)23-2)21-12-13-6-4-3-5-7-13/h3-7,10,15,21H,8-9,11-12H2,1-2H3. The van der Waals surface area contributed by atoms with Crippen LogP contribution >= 0.6 is 0 Å². The van der Waals surface area contributed by atoms with Crippen LogP contribution in [0.4, 0.5) is 4.39 Å². The molecule has 0 spiro atoms. The average Bonchev–Trinajstić information content (AvgIpc) is 2.60. The van der Waals surface area contributed by atoms with Gasteiger partial charge in [-0.3, -0.25) is 0 Å². The Balaban J connectivity index is 1.75. The summed E-state index contributed by atoms with van der Waals surface area (Å²) in [5.41, 5.74) is 3.02. The fourth-order valence-corrected chi connectivity index (χ4v) is 3.19. The predicted octanol–water partition coefficient (Wildman–Crippen LogP) is 3.49. The van der Waals surface area contributed by atoms with Gasteiger partial charge in [-0.05, 0) is 42.0 Å². The van der Waals surface area contributed by atoms with Crippen molar-refractivity contribution < 1.29 is 13.9 Å². The first-order chi connectivity index (χ1) is 11.2. The van der Waals surface area contributed by atoms with Crippen LogP contribution < -0.4 is 14.8 Å². The van der Waals surface area contributed by atoms with Crippen molar-refractivity contribution in [1.82, 2.24) is 5.32 Å². The van der Waals surface area contributed by atoms with Crippen LogP contribution in [0.2, 0.25) is 0 Å². The van der Waals surface area contributed by atoms with E-state index in [1.54, 1.807) is 0 Å². The van der Waals surface area contributed by atoms with E-state index in [9.17, 15) is 4.39 Å². The number of hydrogen-bond donors (Lipinski definition) is 1. The summed E-state index contributed by atoms with van der Waals surface area (Å²) in [6.45, 7) is 0.801. The highest BCUT2D eigenvalue weighted by Gasteiger charge is 2.26. The van der Waals surface area contributed by atoms with Crippen molar-refractivity contribution in [2.24, 2.45) is 0 Å². The molecule has 3 rings (SSSR count). The summed E-state index contributed by atoms with van der Waals surface area (Å²) in [6.07, 6.45) is 2.52. The van der Waals surface area contributed by atoms with Crippen molar-refractivity contribution in [2.75, 3.05) is 14.2 Å². The number of benzene rings is 2. The van der Waals surface area contributed by atoms with Crippen LogP contribution in [-0.2, 0) is 19.4 Å². The summed E-state index contributed by atoms with van der Waals surface area (Å²) in [7, 11) is 3.01. The first-order valence-electron chi connectivity index (χ1n) is 7.92. The zero-order valence-corrected chi connectivity index (χ0v) is 13.6. The summed E-state index contributed by atoms with van der Waals surface area (Å²) in [4.78, 5) is 0. The number of rotatable bonds is 5. The molecule has 0 bridgehead atoms. The number of ether oxygens (including phenoxy) is 2. The highest BCUT2D eigenvalue weighted by molar-refractivity contribution is 5.50. The fraction of sp³-hybridized carbons (Fsp3) is 0.368. The minimum Gasteiger partial charge on any atom is -0.493 e. The molecule has 2 aromatic rings. The molecule has 2 aromatic carbocycles. The summed E-state index contributed by atoms with van der Waals surface area (Å²) >= 11 is 0. The van der Waals surface area contributed by atoms with Crippen LogP contribution in [0.3, 0.4) is 0 Å². The van der Waals surface area contributed by atoms with Crippen LogP contribution in [0, 0.1) is 5.82 Å². The highest BCUT2D eigenvalue weighted by Crippen LogP contribution is 2.37. The normalized spacial score (nSPS) is 16.7. The van der Waals surface area contributed by atoms with E-state index < -0.39 is 0 Å². The molecule has 0 fully saturated rings. The topological polar surface area (TPSA) is 30.5 Å². The van der Waals surface area contributed by atoms with Gasteiger partial charge >= 0.3 is 0 Å². The second kappa shape index (κ2) is 7.01. The maximum Gasteiger partial charge on any atom is 0.197 e. The van der Waals surface area contributed by atoms with E-state index in [0.717, 1.165) is 30.5 Å². The number of aryl methyl sites for hydroxylation is 1. The smallest absolute Gasteiger partial charge is 0.197 e. The Kier molecular flexibility index (Phi) is 4.82. The lowest BCUT2D eigenvalue weighted by atomic mass is 9.87. The lowest BCUT2D eigenvalue weighted by Gasteiger charge is -2.27. The third-order valence-corrected chi connectivity index (χ3v) is 4.46. The molecule has 0 radical (unpaired) electrons. The molecule has 1 aliphatic rings. The van der Waals surface area contributed by atoms with E-state index in [4.69, 9.17) is 9.47 Å². The van der Waals surface area contributed by atoms with Crippen molar-refractivity contribution >= 4 is 0 Å². The molecule has 3 nitrogen and oxygen atoms in total. The number of methoxy groups -OCH3 is 2. The number of fused-ring (bicyclic) bond motifs is 1. The fourth-order valence-electron chi connectivity index (χ4n) is 3.19. The van der Waals surface area contributed by atoms with Crippen LogP contribution in [0.15, 0.2) is 36.4 Å². The summed E-state index contributed by atoms with van der Waals surface area (Å²) in [5, 5.41) is 3.53. The van der Waals surface area contributed by atoms with Gasteiger partial charge < -0.3 is 14.8 Å². The Labute approximate surface area is 136 Å². The van der Waals surface area contributed by atoms with Gasteiger partial charge in [0.15, 0.2) is 17.3 Å². The van der Waals surface area contributed by atoms with Gasteiger partial charge in [-0.1, -0.05) is 30.3 Å². The second-order valence-corrected chi connectivity index (χ2v) is 5.87. The molecule has 0 amide bonds. The molecule has 0 saturated heterocycles. The van der Waals surface area contributed by atoms with Gasteiger partial charge in [0.05, 0.1) is 14.2 Å². The van der Waals surface area contributed by atoms with Gasteiger partial charge in [-0.2, -0.15) is 0 Å². The molecule has 0 aromatic heterocycles. The number of hydrogen-bond acceptors (Lipinski definition) is 3.